The predicted molar refractivity (Wildman–Crippen MR) is 68.3 cm³/mol. The molecule has 3 N–H and O–H groups in total. The van der Waals surface area contributed by atoms with Crippen LogP contribution in [-0.4, -0.2) is 33.6 Å². The molecule has 7 nitrogen and oxygen atoms in total. The molecule has 1 heterocycles. The van der Waals surface area contributed by atoms with Crippen LogP contribution in [0.5, 0.6) is 0 Å². The Kier molecular flexibility index (Phi) is 3.12. The summed E-state index contributed by atoms with van der Waals surface area (Å²) in [6.07, 6.45) is 0. The highest BCUT2D eigenvalue weighted by Crippen LogP contribution is 2.17. The van der Waals surface area contributed by atoms with Crippen LogP contribution >= 0.6 is 0 Å². The highest BCUT2D eigenvalue weighted by Gasteiger charge is 2.19. The Morgan fingerprint density at radius 1 is 1.42 bits per heavy atom. The molecular weight excluding hydrogens is 250 g/mol. The van der Waals surface area contributed by atoms with Gasteiger partial charge in [0.15, 0.2) is 0 Å². The van der Waals surface area contributed by atoms with Crippen molar-refractivity contribution in [2.75, 3.05) is 7.05 Å². The normalized spacial score (nSPS) is 12.3. The number of likely N-dealkylation sites (N-methyl/N-ethyl adjacent to an activating group) is 1. The Morgan fingerprint density at radius 3 is 2.68 bits per heavy atom. The molecule has 2 rings (SSSR count). The van der Waals surface area contributed by atoms with Gasteiger partial charge < -0.3 is 15.4 Å². The van der Waals surface area contributed by atoms with Crippen LogP contribution in [0.3, 0.4) is 0 Å². The first-order chi connectivity index (χ1) is 8.95. The minimum Gasteiger partial charge on any atom is -0.478 e. The molecule has 0 aliphatic carbocycles. The highest BCUT2D eigenvalue weighted by molar-refractivity contribution is 5.93. The fourth-order valence-corrected chi connectivity index (χ4v) is 1.97. The molecule has 0 bridgehead atoms. The van der Waals surface area contributed by atoms with Crippen LogP contribution in [0.15, 0.2) is 23.0 Å². The standard InChI is InChI=1S/C12H13N3O4/c1-6(10(16)13-2)15-9-5-7(11(17)18)3-4-8(9)14-12(15)19/h3-6H,1-2H3,(H,13,16)(H,14,19)(H,17,18). The Balaban J connectivity index is 2.69. The smallest absolute Gasteiger partial charge is 0.335 e. The zero-order valence-electron chi connectivity index (χ0n) is 10.4. The molecule has 0 radical (unpaired) electrons. The van der Waals surface area contributed by atoms with Crippen LogP contribution in [0.1, 0.15) is 23.3 Å². The quantitative estimate of drug-likeness (QED) is 0.742. The minimum absolute atomic E-state index is 0.0596. The lowest BCUT2D eigenvalue weighted by atomic mass is 10.2. The summed E-state index contributed by atoms with van der Waals surface area (Å²) < 4.78 is 1.24. The number of benzene rings is 1. The van der Waals surface area contributed by atoms with Crippen molar-refractivity contribution in [3.05, 3.63) is 34.2 Å². The van der Waals surface area contributed by atoms with Crippen LogP contribution in [0.4, 0.5) is 0 Å². The number of nitrogens with one attached hydrogen (secondary N) is 2. The summed E-state index contributed by atoms with van der Waals surface area (Å²) in [5, 5.41) is 11.4. The third kappa shape index (κ3) is 2.10. The lowest BCUT2D eigenvalue weighted by molar-refractivity contribution is -0.123. The Morgan fingerprint density at radius 2 is 2.11 bits per heavy atom. The molecule has 0 aliphatic heterocycles. The lowest BCUT2D eigenvalue weighted by Crippen LogP contribution is -2.32. The molecule has 19 heavy (non-hydrogen) atoms. The molecule has 0 aliphatic rings. The second-order valence-electron chi connectivity index (χ2n) is 4.13. The number of carbonyl (C=O) groups excluding carboxylic acids is 1. The first kappa shape index (κ1) is 12.9. The van der Waals surface area contributed by atoms with Gasteiger partial charge in [-0.05, 0) is 25.1 Å². The summed E-state index contributed by atoms with van der Waals surface area (Å²) in [5.74, 6) is -1.42. The first-order valence-corrected chi connectivity index (χ1v) is 5.65. The fraction of sp³-hybridized carbons (Fsp3) is 0.250. The number of carboxylic acids is 1. The predicted octanol–water partition coefficient (Wildman–Crippen LogP) is 0.335. The molecule has 1 aromatic heterocycles. The van der Waals surface area contributed by atoms with E-state index in [0.717, 1.165) is 0 Å². The lowest BCUT2D eigenvalue weighted by Gasteiger charge is -2.11. The molecule has 1 amide bonds. The van der Waals surface area contributed by atoms with Crippen molar-refractivity contribution in [3.8, 4) is 0 Å². The summed E-state index contributed by atoms with van der Waals surface area (Å²) in [7, 11) is 1.47. The van der Waals surface area contributed by atoms with Crippen LogP contribution in [0.2, 0.25) is 0 Å². The van der Waals surface area contributed by atoms with Crippen LogP contribution < -0.4 is 11.0 Å². The van der Waals surface area contributed by atoms with Crippen LogP contribution in [0.25, 0.3) is 11.0 Å². The van der Waals surface area contributed by atoms with Gasteiger partial charge in [-0.2, -0.15) is 0 Å². The van der Waals surface area contributed by atoms with Gasteiger partial charge in [0.2, 0.25) is 5.91 Å². The maximum absolute atomic E-state index is 11.9. The van der Waals surface area contributed by atoms with Gasteiger partial charge in [0.05, 0.1) is 16.6 Å². The number of carbonyl (C=O) groups is 2. The summed E-state index contributed by atoms with van der Waals surface area (Å²) >= 11 is 0. The van der Waals surface area contributed by atoms with Crippen molar-refractivity contribution >= 4 is 22.9 Å². The maximum Gasteiger partial charge on any atom is 0.335 e. The van der Waals surface area contributed by atoms with Crippen molar-refractivity contribution in [2.24, 2.45) is 0 Å². The van der Waals surface area contributed by atoms with E-state index in [-0.39, 0.29) is 11.5 Å². The molecule has 1 unspecified atom stereocenters. The molecule has 0 fully saturated rings. The molecule has 0 saturated heterocycles. The van der Waals surface area contributed by atoms with Crippen molar-refractivity contribution in [2.45, 2.75) is 13.0 Å². The van der Waals surface area contributed by atoms with E-state index in [2.05, 4.69) is 10.3 Å². The molecule has 2 aromatic rings. The highest BCUT2D eigenvalue weighted by atomic mass is 16.4. The molecule has 0 saturated carbocycles. The third-order valence-corrected chi connectivity index (χ3v) is 2.98. The molecular formula is C12H13N3O4. The van der Waals surface area contributed by atoms with Crippen molar-refractivity contribution in [3.63, 3.8) is 0 Å². The number of aromatic carboxylic acids is 1. The van der Waals surface area contributed by atoms with E-state index in [1.165, 1.54) is 29.8 Å². The SMILES string of the molecule is CNC(=O)C(C)n1c(=O)[nH]c2ccc(C(=O)O)cc21. The summed E-state index contributed by atoms with van der Waals surface area (Å²) in [4.78, 5) is 37.0. The van der Waals surface area contributed by atoms with E-state index in [1.807, 2.05) is 0 Å². The number of aromatic nitrogens is 2. The van der Waals surface area contributed by atoms with Gasteiger partial charge in [0, 0.05) is 7.05 Å². The van der Waals surface area contributed by atoms with E-state index in [0.29, 0.717) is 11.0 Å². The van der Waals surface area contributed by atoms with E-state index in [1.54, 1.807) is 6.92 Å². The van der Waals surface area contributed by atoms with Gasteiger partial charge >= 0.3 is 11.7 Å². The number of aromatic amines is 1. The van der Waals surface area contributed by atoms with Gasteiger partial charge in [-0.25, -0.2) is 9.59 Å². The van der Waals surface area contributed by atoms with Gasteiger partial charge in [0.1, 0.15) is 6.04 Å². The molecule has 100 valence electrons. The monoisotopic (exact) mass is 263 g/mol. The van der Waals surface area contributed by atoms with E-state index >= 15 is 0 Å². The second kappa shape index (κ2) is 4.60. The number of hydrogen-bond donors (Lipinski definition) is 3. The van der Waals surface area contributed by atoms with E-state index in [9.17, 15) is 14.4 Å². The fourth-order valence-electron chi connectivity index (χ4n) is 1.97. The number of fused-ring (bicyclic) bond motifs is 1. The Labute approximate surface area is 107 Å². The minimum atomic E-state index is -1.09. The number of rotatable bonds is 3. The van der Waals surface area contributed by atoms with Gasteiger partial charge in [-0.15, -0.1) is 0 Å². The molecule has 1 atom stereocenters. The van der Waals surface area contributed by atoms with Crippen molar-refractivity contribution in [1.29, 1.82) is 0 Å². The van der Waals surface area contributed by atoms with Crippen molar-refractivity contribution in [1.82, 2.24) is 14.9 Å². The van der Waals surface area contributed by atoms with Gasteiger partial charge in [-0.3, -0.25) is 9.36 Å². The third-order valence-electron chi connectivity index (χ3n) is 2.98. The molecule has 1 aromatic carbocycles. The number of imidazole rings is 1. The summed E-state index contributed by atoms with van der Waals surface area (Å²) in [5.41, 5.74) is 0.491. The average molecular weight is 263 g/mol. The number of amides is 1. The topological polar surface area (TPSA) is 104 Å². The Bertz CT molecular complexity index is 713. The van der Waals surface area contributed by atoms with Crippen molar-refractivity contribution < 1.29 is 14.7 Å². The molecule has 0 spiro atoms. The van der Waals surface area contributed by atoms with Gasteiger partial charge in [0.25, 0.3) is 0 Å². The zero-order chi connectivity index (χ0) is 14.2. The second-order valence-corrected chi connectivity index (χ2v) is 4.13. The number of H-pyrrole nitrogens is 1. The number of hydrogen-bond acceptors (Lipinski definition) is 3. The van der Waals surface area contributed by atoms with Gasteiger partial charge in [-0.1, -0.05) is 0 Å². The zero-order valence-corrected chi connectivity index (χ0v) is 10.4. The Hall–Kier alpha value is -2.57. The number of carboxylic acid groups (broad SMARTS) is 1. The first-order valence-electron chi connectivity index (χ1n) is 5.65. The molecule has 7 heteroatoms. The summed E-state index contributed by atoms with van der Waals surface area (Å²) in [6, 6.07) is 3.55. The average Bonchev–Trinajstić information content (AvgIpc) is 2.71. The number of nitrogens with zero attached hydrogens (tertiary/aromatic N) is 1. The van der Waals surface area contributed by atoms with Crippen LogP contribution in [-0.2, 0) is 4.79 Å². The maximum atomic E-state index is 11.9. The van der Waals surface area contributed by atoms with E-state index < -0.39 is 17.7 Å². The largest absolute Gasteiger partial charge is 0.478 e. The van der Waals surface area contributed by atoms with E-state index in [4.69, 9.17) is 5.11 Å². The van der Waals surface area contributed by atoms with Crippen LogP contribution in [0, 0.1) is 0 Å². The summed E-state index contributed by atoms with van der Waals surface area (Å²) in [6.45, 7) is 1.57.